The van der Waals surface area contributed by atoms with Gasteiger partial charge in [-0.1, -0.05) is 0 Å². The third kappa shape index (κ3) is 1.69. The lowest BCUT2D eigenvalue weighted by Crippen LogP contribution is -2.31. The fraction of sp³-hybridized carbons (Fsp3) is 0.545. The van der Waals surface area contributed by atoms with E-state index in [1.54, 1.807) is 0 Å². The molecule has 2 rings (SSSR count). The van der Waals surface area contributed by atoms with Crippen LogP contribution in [0.2, 0.25) is 0 Å². The molecule has 6 heteroatoms. The predicted octanol–water partition coefficient (Wildman–Crippen LogP) is -0.0188. The smallest absolute Gasteiger partial charge is 0.355 e. The lowest BCUT2D eigenvalue weighted by atomic mass is 10.1. The molecule has 1 saturated heterocycles. The fourth-order valence-corrected chi connectivity index (χ4v) is 2.34. The van der Waals surface area contributed by atoms with Gasteiger partial charge in [-0.05, 0) is 6.42 Å². The number of methoxy groups -OCH3 is 2. The van der Waals surface area contributed by atoms with E-state index in [0.29, 0.717) is 19.3 Å². The van der Waals surface area contributed by atoms with Crippen molar-refractivity contribution in [2.45, 2.75) is 25.3 Å². The Morgan fingerprint density at radius 2 is 1.88 bits per heavy atom. The van der Waals surface area contributed by atoms with Crippen molar-refractivity contribution in [3.63, 3.8) is 0 Å². The van der Waals surface area contributed by atoms with Crippen LogP contribution in [0, 0.1) is 0 Å². The number of rotatable bonds is 2. The van der Waals surface area contributed by atoms with Crippen molar-refractivity contribution >= 4 is 17.8 Å². The zero-order chi connectivity index (χ0) is 12.6. The number of ether oxygens (including phenoxy) is 2. The summed E-state index contributed by atoms with van der Waals surface area (Å²) in [6.45, 7) is 0. The van der Waals surface area contributed by atoms with Crippen molar-refractivity contribution < 1.29 is 23.9 Å². The molecule has 2 aliphatic rings. The van der Waals surface area contributed by atoms with Crippen LogP contribution < -0.4 is 0 Å². The van der Waals surface area contributed by atoms with Crippen LogP contribution in [0.4, 0.5) is 0 Å². The summed E-state index contributed by atoms with van der Waals surface area (Å²) in [6, 6.07) is -0.106. The van der Waals surface area contributed by atoms with Gasteiger partial charge in [0, 0.05) is 18.9 Å². The van der Waals surface area contributed by atoms with Gasteiger partial charge in [-0.2, -0.15) is 0 Å². The molecular formula is C11H13NO5. The maximum absolute atomic E-state index is 11.7. The third-order valence-electron chi connectivity index (χ3n) is 3.10. The third-order valence-corrected chi connectivity index (χ3v) is 3.10. The minimum atomic E-state index is -0.664. The number of amides is 1. The van der Waals surface area contributed by atoms with Crippen LogP contribution in [-0.4, -0.2) is 43.0 Å². The minimum Gasteiger partial charge on any atom is -0.466 e. The van der Waals surface area contributed by atoms with E-state index in [-0.39, 0.29) is 23.2 Å². The average molecular weight is 239 g/mol. The number of carbonyl (C=O) groups is 3. The molecule has 1 atom stereocenters. The molecule has 0 bridgehead atoms. The monoisotopic (exact) mass is 239 g/mol. The van der Waals surface area contributed by atoms with Crippen molar-refractivity contribution in [2.24, 2.45) is 0 Å². The average Bonchev–Trinajstić information content (AvgIpc) is 2.88. The largest absolute Gasteiger partial charge is 0.466 e. The molecule has 0 N–H and O–H groups in total. The number of fused-ring (bicyclic) bond motifs is 1. The van der Waals surface area contributed by atoms with Crippen LogP contribution in [-0.2, 0) is 23.9 Å². The van der Waals surface area contributed by atoms with E-state index in [1.807, 2.05) is 0 Å². The second kappa shape index (κ2) is 4.20. The Bertz CT molecular complexity index is 426. The van der Waals surface area contributed by atoms with Crippen LogP contribution in [0.15, 0.2) is 11.3 Å². The van der Waals surface area contributed by atoms with Crippen LogP contribution in [0.3, 0.4) is 0 Å². The van der Waals surface area contributed by atoms with Gasteiger partial charge in [-0.15, -0.1) is 0 Å². The molecule has 2 aliphatic heterocycles. The highest BCUT2D eigenvalue weighted by molar-refractivity contribution is 6.04. The normalized spacial score (nSPS) is 22.8. The van der Waals surface area contributed by atoms with Crippen LogP contribution in [0.1, 0.15) is 19.3 Å². The summed E-state index contributed by atoms with van der Waals surface area (Å²) in [4.78, 5) is 36.3. The van der Waals surface area contributed by atoms with Crippen molar-refractivity contribution in [1.82, 2.24) is 4.90 Å². The second-order valence-corrected chi connectivity index (χ2v) is 3.97. The summed E-state index contributed by atoms with van der Waals surface area (Å²) in [5.41, 5.74) is 0.282. The molecule has 1 unspecified atom stereocenters. The summed E-state index contributed by atoms with van der Waals surface area (Å²) in [5, 5.41) is 0. The highest BCUT2D eigenvalue weighted by Gasteiger charge is 2.45. The summed E-state index contributed by atoms with van der Waals surface area (Å²) in [6.07, 6.45) is 1.42. The molecular weight excluding hydrogens is 226 g/mol. The Hall–Kier alpha value is -1.85. The number of esters is 2. The zero-order valence-electron chi connectivity index (χ0n) is 9.69. The van der Waals surface area contributed by atoms with E-state index >= 15 is 0 Å². The van der Waals surface area contributed by atoms with E-state index in [0.717, 1.165) is 0 Å². The molecule has 0 aromatic heterocycles. The molecule has 2 heterocycles. The van der Waals surface area contributed by atoms with Crippen LogP contribution >= 0.6 is 0 Å². The Morgan fingerprint density at radius 1 is 1.24 bits per heavy atom. The molecule has 92 valence electrons. The summed E-state index contributed by atoms with van der Waals surface area (Å²) >= 11 is 0. The Morgan fingerprint density at radius 3 is 2.47 bits per heavy atom. The fourth-order valence-electron chi connectivity index (χ4n) is 2.34. The quantitative estimate of drug-likeness (QED) is 0.633. The second-order valence-electron chi connectivity index (χ2n) is 3.97. The van der Waals surface area contributed by atoms with E-state index in [4.69, 9.17) is 0 Å². The maximum atomic E-state index is 11.7. The molecule has 0 aromatic rings. The van der Waals surface area contributed by atoms with E-state index in [2.05, 4.69) is 9.47 Å². The lowest BCUT2D eigenvalue weighted by Gasteiger charge is -2.17. The summed E-state index contributed by atoms with van der Waals surface area (Å²) < 4.78 is 9.23. The lowest BCUT2D eigenvalue weighted by molar-refractivity contribution is -0.142. The number of nitrogens with zero attached hydrogens (tertiary/aromatic N) is 1. The molecule has 0 spiro atoms. The first kappa shape index (κ1) is 11.6. The predicted molar refractivity (Wildman–Crippen MR) is 55.5 cm³/mol. The van der Waals surface area contributed by atoms with Gasteiger partial charge < -0.3 is 14.4 Å². The van der Waals surface area contributed by atoms with Gasteiger partial charge in [0.2, 0.25) is 5.91 Å². The van der Waals surface area contributed by atoms with Crippen LogP contribution in [0.5, 0.6) is 0 Å². The van der Waals surface area contributed by atoms with Gasteiger partial charge in [0.15, 0.2) is 0 Å². The molecule has 1 amide bonds. The summed E-state index contributed by atoms with van der Waals surface area (Å²) in [7, 11) is 2.47. The van der Waals surface area contributed by atoms with Crippen LogP contribution in [0.25, 0.3) is 0 Å². The SMILES string of the molecule is COC(=O)C1=C(C(=O)OC)N2C(=O)CCC2C1. The highest BCUT2D eigenvalue weighted by atomic mass is 16.5. The zero-order valence-corrected chi connectivity index (χ0v) is 9.69. The highest BCUT2D eigenvalue weighted by Crippen LogP contribution is 2.37. The van der Waals surface area contributed by atoms with Gasteiger partial charge in [-0.25, -0.2) is 9.59 Å². The molecule has 17 heavy (non-hydrogen) atoms. The van der Waals surface area contributed by atoms with Gasteiger partial charge >= 0.3 is 11.9 Å². The van der Waals surface area contributed by atoms with Crippen molar-refractivity contribution in [3.05, 3.63) is 11.3 Å². The first-order valence-electron chi connectivity index (χ1n) is 5.32. The molecule has 6 nitrogen and oxygen atoms in total. The Kier molecular flexibility index (Phi) is 2.87. The van der Waals surface area contributed by atoms with E-state index < -0.39 is 11.9 Å². The number of carbonyl (C=O) groups excluding carboxylic acids is 3. The van der Waals surface area contributed by atoms with Gasteiger partial charge in [-0.3, -0.25) is 4.79 Å². The topological polar surface area (TPSA) is 72.9 Å². The number of hydrogen-bond acceptors (Lipinski definition) is 5. The van der Waals surface area contributed by atoms with Gasteiger partial charge in [0.05, 0.1) is 19.8 Å². The standard InChI is InChI=1S/C11H13NO5/c1-16-10(14)7-5-6-3-4-8(13)12(6)9(7)11(15)17-2/h6H,3-5H2,1-2H3. The van der Waals surface area contributed by atoms with Gasteiger partial charge in [0.25, 0.3) is 0 Å². The van der Waals surface area contributed by atoms with E-state index in [9.17, 15) is 14.4 Å². The summed E-state index contributed by atoms with van der Waals surface area (Å²) in [5.74, 6) is -1.38. The number of hydrogen-bond donors (Lipinski definition) is 0. The molecule has 1 fully saturated rings. The minimum absolute atomic E-state index is 0.0480. The van der Waals surface area contributed by atoms with Gasteiger partial charge in [0.1, 0.15) is 5.70 Å². The molecule has 0 aliphatic carbocycles. The van der Waals surface area contributed by atoms with Crippen molar-refractivity contribution in [3.8, 4) is 0 Å². The maximum Gasteiger partial charge on any atom is 0.355 e. The Labute approximate surface area is 98.2 Å². The van der Waals surface area contributed by atoms with Crippen molar-refractivity contribution in [1.29, 1.82) is 0 Å². The first-order valence-corrected chi connectivity index (χ1v) is 5.32. The Balaban J connectivity index is 2.43. The van der Waals surface area contributed by atoms with Crippen molar-refractivity contribution in [2.75, 3.05) is 14.2 Å². The molecule has 0 radical (unpaired) electrons. The molecule has 0 saturated carbocycles. The molecule has 0 aromatic carbocycles. The van der Waals surface area contributed by atoms with E-state index in [1.165, 1.54) is 19.1 Å². The first-order chi connectivity index (χ1) is 8.10.